The standard InChI is InChI=1S/C26H21N5O6/c1-29-23(27)20(25(34)30(2)26(29)35)18(14-7-10-15(11-8-14)31(36)37)19-22(32)17-12-9-13-5-3-4-6-16(13)21(17)28-24(19)33/h3-12,18H,27H2,1-2H3,(H2,28,32,33). The van der Waals surface area contributed by atoms with E-state index < -0.39 is 27.6 Å². The second-order valence-corrected chi connectivity index (χ2v) is 8.71. The maximum atomic E-state index is 13.6. The molecule has 0 saturated heterocycles. The zero-order valence-corrected chi connectivity index (χ0v) is 19.8. The minimum absolute atomic E-state index is 0.126. The Balaban J connectivity index is 1.91. The van der Waals surface area contributed by atoms with Gasteiger partial charge in [0.05, 0.1) is 27.5 Å². The molecule has 2 aromatic heterocycles. The summed E-state index contributed by atoms with van der Waals surface area (Å²) in [7, 11) is 2.65. The van der Waals surface area contributed by atoms with Crippen LogP contribution in [0.2, 0.25) is 0 Å². The minimum Gasteiger partial charge on any atom is -0.507 e. The van der Waals surface area contributed by atoms with E-state index in [0.29, 0.717) is 16.3 Å². The molecule has 0 saturated carbocycles. The Kier molecular flexibility index (Phi) is 5.40. The molecule has 0 bridgehead atoms. The molecule has 5 aromatic rings. The van der Waals surface area contributed by atoms with Crippen molar-refractivity contribution in [2.45, 2.75) is 5.92 Å². The Labute approximate surface area is 207 Å². The first kappa shape index (κ1) is 23.5. The molecular formula is C26H21N5O6. The quantitative estimate of drug-likeness (QED) is 0.194. The van der Waals surface area contributed by atoms with E-state index in [1.54, 1.807) is 24.3 Å². The van der Waals surface area contributed by atoms with E-state index in [9.17, 15) is 29.6 Å². The summed E-state index contributed by atoms with van der Waals surface area (Å²) >= 11 is 0. The summed E-state index contributed by atoms with van der Waals surface area (Å²) < 4.78 is 1.92. The van der Waals surface area contributed by atoms with Crippen LogP contribution in [0.4, 0.5) is 11.5 Å². The number of fused-ring (bicyclic) bond motifs is 3. The third kappa shape index (κ3) is 3.56. The molecule has 37 heavy (non-hydrogen) atoms. The third-order valence-corrected chi connectivity index (χ3v) is 6.68. The summed E-state index contributed by atoms with van der Waals surface area (Å²) in [4.78, 5) is 52.9. The summed E-state index contributed by atoms with van der Waals surface area (Å²) in [5.74, 6) is -1.82. The van der Waals surface area contributed by atoms with Crippen LogP contribution < -0.4 is 22.5 Å². The first-order valence-corrected chi connectivity index (χ1v) is 11.2. The Morgan fingerprint density at radius 2 is 1.59 bits per heavy atom. The van der Waals surface area contributed by atoms with Crippen LogP contribution in [0.1, 0.15) is 22.6 Å². The van der Waals surface area contributed by atoms with Crippen molar-refractivity contribution in [2.24, 2.45) is 14.1 Å². The van der Waals surface area contributed by atoms with Crippen molar-refractivity contribution in [1.82, 2.24) is 14.1 Å². The van der Waals surface area contributed by atoms with E-state index in [-0.39, 0.29) is 33.9 Å². The number of aromatic hydroxyl groups is 1. The van der Waals surface area contributed by atoms with Crippen molar-refractivity contribution < 1.29 is 10.0 Å². The number of benzene rings is 3. The van der Waals surface area contributed by atoms with Crippen LogP contribution in [-0.4, -0.2) is 24.1 Å². The number of pyridine rings is 1. The number of aromatic amines is 1. The Hall–Kier alpha value is -5.19. The highest BCUT2D eigenvalue weighted by molar-refractivity contribution is 6.07. The molecule has 4 N–H and O–H groups in total. The van der Waals surface area contributed by atoms with Crippen LogP contribution in [0.5, 0.6) is 5.75 Å². The van der Waals surface area contributed by atoms with Gasteiger partial charge in [-0.05, 0) is 17.0 Å². The van der Waals surface area contributed by atoms with Gasteiger partial charge in [0.15, 0.2) is 0 Å². The molecule has 11 nitrogen and oxygen atoms in total. The highest BCUT2D eigenvalue weighted by atomic mass is 16.6. The van der Waals surface area contributed by atoms with Gasteiger partial charge in [-0.1, -0.05) is 42.5 Å². The molecule has 0 radical (unpaired) electrons. The zero-order valence-electron chi connectivity index (χ0n) is 19.8. The molecule has 1 unspecified atom stereocenters. The number of nitrogens with zero attached hydrogens (tertiary/aromatic N) is 3. The first-order chi connectivity index (χ1) is 17.6. The van der Waals surface area contributed by atoms with Gasteiger partial charge in [-0.25, -0.2) is 4.79 Å². The second-order valence-electron chi connectivity index (χ2n) is 8.71. The molecule has 0 spiro atoms. The predicted molar refractivity (Wildman–Crippen MR) is 139 cm³/mol. The normalized spacial score (nSPS) is 12.2. The minimum atomic E-state index is -1.24. The van der Waals surface area contributed by atoms with E-state index in [1.165, 1.54) is 38.4 Å². The lowest BCUT2D eigenvalue weighted by molar-refractivity contribution is -0.384. The average Bonchev–Trinajstić information content (AvgIpc) is 2.90. The lowest BCUT2D eigenvalue weighted by Gasteiger charge is -2.22. The van der Waals surface area contributed by atoms with E-state index in [2.05, 4.69) is 4.98 Å². The number of non-ortho nitro benzene ring substituents is 1. The number of nitro benzene ring substituents is 1. The fourth-order valence-electron chi connectivity index (χ4n) is 4.73. The van der Waals surface area contributed by atoms with E-state index in [4.69, 9.17) is 5.73 Å². The van der Waals surface area contributed by atoms with Crippen molar-refractivity contribution in [1.29, 1.82) is 0 Å². The molecule has 186 valence electrons. The number of nitrogens with two attached hydrogens (primary N) is 1. The molecule has 1 atom stereocenters. The SMILES string of the molecule is Cn1c(N)c(C(c2ccc([N+](=O)[O-])cc2)c2c(O)c3ccc4ccccc4c3[nH]c2=O)c(=O)n(C)c1=O. The molecule has 0 aliphatic rings. The number of rotatable bonds is 4. The van der Waals surface area contributed by atoms with Gasteiger partial charge in [0.25, 0.3) is 16.8 Å². The number of aromatic nitrogens is 3. The monoisotopic (exact) mass is 499 g/mol. The van der Waals surface area contributed by atoms with Crippen LogP contribution >= 0.6 is 0 Å². The van der Waals surface area contributed by atoms with Crippen LogP contribution in [-0.2, 0) is 14.1 Å². The molecule has 3 aromatic carbocycles. The number of nitrogens with one attached hydrogen (secondary N) is 1. The third-order valence-electron chi connectivity index (χ3n) is 6.68. The summed E-state index contributed by atoms with van der Waals surface area (Å²) in [6, 6.07) is 16.0. The largest absolute Gasteiger partial charge is 0.507 e. The summed E-state index contributed by atoms with van der Waals surface area (Å²) in [5, 5.41) is 24.6. The number of hydrogen-bond donors (Lipinski definition) is 3. The first-order valence-electron chi connectivity index (χ1n) is 11.2. The van der Waals surface area contributed by atoms with Gasteiger partial charge in [-0.3, -0.25) is 28.8 Å². The second kappa shape index (κ2) is 8.48. The van der Waals surface area contributed by atoms with Crippen LogP contribution in [0, 0.1) is 10.1 Å². The van der Waals surface area contributed by atoms with Gasteiger partial charge < -0.3 is 15.8 Å². The topological polar surface area (TPSA) is 166 Å². The smallest absolute Gasteiger partial charge is 0.332 e. The molecule has 0 aliphatic carbocycles. The Bertz CT molecular complexity index is 1920. The van der Waals surface area contributed by atoms with Crippen molar-refractivity contribution in [3.63, 3.8) is 0 Å². The molecule has 0 fully saturated rings. The Morgan fingerprint density at radius 1 is 0.919 bits per heavy atom. The molecule has 11 heteroatoms. The van der Waals surface area contributed by atoms with Gasteiger partial charge >= 0.3 is 5.69 Å². The maximum absolute atomic E-state index is 13.6. The fraction of sp³-hybridized carbons (Fsp3) is 0.115. The summed E-state index contributed by atoms with van der Waals surface area (Å²) in [6.45, 7) is 0. The van der Waals surface area contributed by atoms with E-state index in [1.807, 2.05) is 12.1 Å². The van der Waals surface area contributed by atoms with Gasteiger partial charge in [0, 0.05) is 37.0 Å². The van der Waals surface area contributed by atoms with Crippen LogP contribution in [0.15, 0.2) is 75.0 Å². The van der Waals surface area contributed by atoms with Crippen molar-refractivity contribution >= 4 is 33.2 Å². The van der Waals surface area contributed by atoms with E-state index in [0.717, 1.165) is 14.5 Å². The highest BCUT2D eigenvalue weighted by Gasteiger charge is 2.31. The lowest BCUT2D eigenvalue weighted by Crippen LogP contribution is -2.41. The zero-order chi connectivity index (χ0) is 26.6. The molecule has 5 rings (SSSR count). The number of anilines is 1. The van der Waals surface area contributed by atoms with Crippen LogP contribution in [0.3, 0.4) is 0 Å². The van der Waals surface area contributed by atoms with Crippen molar-refractivity contribution in [2.75, 3.05) is 5.73 Å². The Morgan fingerprint density at radius 3 is 2.27 bits per heavy atom. The highest BCUT2D eigenvalue weighted by Crippen LogP contribution is 2.39. The lowest BCUT2D eigenvalue weighted by atomic mass is 9.84. The number of nitrogen functional groups attached to an aromatic ring is 1. The van der Waals surface area contributed by atoms with Crippen molar-refractivity contribution in [3.05, 3.63) is 119 Å². The van der Waals surface area contributed by atoms with Gasteiger partial charge in [-0.15, -0.1) is 0 Å². The number of nitro groups is 1. The van der Waals surface area contributed by atoms with Gasteiger partial charge in [0.2, 0.25) is 0 Å². The summed E-state index contributed by atoms with van der Waals surface area (Å²) in [5.41, 5.74) is 4.32. The maximum Gasteiger partial charge on any atom is 0.332 e. The fourth-order valence-corrected chi connectivity index (χ4v) is 4.73. The van der Waals surface area contributed by atoms with E-state index >= 15 is 0 Å². The van der Waals surface area contributed by atoms with Gasteiger partial charge in [-0.2, -0.15) is 0 Å². The van der Waals surface area contributed by atoms with Gasteiger partial charge in [0.1, 0.15) is 11.6 Å². The number of H-pyrrole nitrogens is 1. The molecule has 2 heterocycles. The molecule has 0 aliphatic heterocycles. The van der Waals surface area contributed by atoms with Crippen LogP contribution in [0.25, 0.3) is 21.7 Å². The van der Waals surface area contributed by atoms with Crippen molar-refractivity contribution in [3.8, 4) is 5.75 Å². The number of hydrogen-bond acceptors (Lipinski definition) is 7. The molecule has 0 amide bonds. The molecular weight excluding hydrogens is 478 g/mol. The summed E-state index contributed by atoms with van der Waals surface area (Å²) in [6.07, 6.45) is 0. The average molecular weight is 499 g/mol. The predicted octanol–water partition coefficient (Wildman–Crippen LogP) is 2.45.